The van der Waals surface area contributed by atoms with Crippen LogP contribution in [0, 0.1) is 5.95 Å². The largest absolute Gasteiger partial charge is 0.226 e. The van der Waals surface area contributed by atoms with E-state index < -0.39 is 5.95 Å². The molecule has 0 radical (unpaired) electrons. The van der Waals surface area contributed by atoms with Crippen LogP contribution in [0.2, 0.25) is 20.1 Å². The monoisotopic (exact) mass is 309 g/mol. The molecule has 0 spiro atoms. The molecule has 0 N–H and O–H groups in total. The van der Waals surface area contributed by atoms with Crippen LogP contribution in [0.1, 0.15) is 0 Å². The lowest BCUT2D eigenvalue weighted by Crippen LogP contribution is -1.89. The average Bonchev–Trinajstić information content (AvgIpc) is 2.28. The molecule has 0 saturated carbocycles. The van der Waals surface area contributed by atoms with Crippen molar-refractivity contribution < 1.29 is 4.39 Å². The molecule has 0 aliphatic carbocycles. The molecule has 1 heterocycles. The van der Waals surface area contributed by atoms with Crippen molar-refractivity contribution in [2.45, 2.75) is 0 Å². The number of nitrogens with zero attached hydrogens (tertiary/aromatic N) is 1. The van der Waals surface area contributed by atoms with E-state index in [-0.39, 0.29) is 20.6 Å². The summed E-state index contributed by atoms with van der Waals surface area (Å²) in [6, 6.07) is 4.46. The smallest absolute Gasteiger partial charge is 0.220 e. The van der Waals surface area contributed by atoms with Gasteiger partial charge in [0.15, 0.2) is 0 Å². The van der Waals surface area contributed by atoms with Crippen molar-refractivity contribution in [1.82, 2.24) is 4.98 Å². The summed E-state index contributed by atoms with van der Waals surface area (Å²) < 4.78 is 13.5. The molecule has 88 valence electrons. The van der Waals surface area contributed by atoms with Crippen LogP contribution in [0.5, 0.6) is 0 Å². The fourth-order valence-electron chi connectivity index (χ4n) is 1.34. The fourth-order valence-corrected chi connectivity index (χ4v) is 2.09. The van der Waals surface area contributed by atoms with Crippen LogP contribution in [0.15, 0.2) is 24.4 Å². The minimum atomic E-state index is -0.649. The van der Waals surface area contributed by atoms with Crippen molar-refractivity contribution in [3.63, 3.8) is 0 Å². The summed E-state index contributed by atoms with van der Waals surface area (Å²) in [4.78, 5) is 3.52. The molecule has 2 rings (SSSR count). The molecule has 0 bridgehead atoms. The summed E-state index contributed by atoms with van der Waals surface area (Å²) in [5.74, 6) is -0.649. The number of aromatic nitrogens is 1. The van der Waals surface area contributed by atoms with Crippen molar-refractivity contribution in [3.8, 4) is 11.1 Å². The second kappa shape index (κ2) is 4.99. The van der Waals surface area contributed by atoms with E-state index in [9.17, 15) is 4.39 Å². The number of benzene rings is 1. The highest BCUT2D eigenvalue weighted by Crippen LogP contribution is 2.36. The van der Waals surface area contributed by atoms with Crippen molar-refractivity contribution in [1.29, 1.82) is 0 Å². The quantitative estimate of drug-likeness (QED) is 0.500. The lowest BCUT2D eigenvalue weighted by Gasteiger charge is -2.06. The molecule has 1 nitrogen and oxygen atoms in total. The second-order valence-corrected chi connectivity index (χ2v) is 4.87. The summed E-state index contributed by atoms with van der Waals surface area (Å²) in [5, 5.41) is 1.04. The Labute approximate surface area is 117 Å². The molecule has 0 aliphatic heterocycles. The zero-order valence-electron chi connectivity index (χ0n) is 8.15. The Kier molecular flexibility index (Phi) is 3.79. The van der Waals surface area contributed by atoms with Crippen LogP contribution in [-0.4, -0.2) is 4.98 Å². The Morgan fingerprint density at radius 3 is 2.12 bits per heavy atom. The Hall–Kier alpha value is -0.540. The van der Waals surface area contributed by atoms with Gasteiger partial charge >= 0.3 is 0 Å². The summed E-state index contributed by atoms with van der Waals surface area (Å²) in [6.07, 6.45) is 1.22. The lowest BCUT2D eigenvalue weighted by molar-refractivity contribution is 0.587. The zero-order valence-corrected chi connectivity index (χ0v) is 11.2. The van der Waals surface area contributed by atoms with Crippen LogP contribution < -0.4 is 0 Å². The highest BCUT2D eigenvalue weighted by Gasteiger charge is 2.12. The lowest BCUT2D eigenvalue weighted by atomic mass is 10.1. The van der Waals surface area contributed by atoms with E-state index >= 15 is 0 Å². The van der Waals surface area contributed by atoms with Gasteiger partial charge in [0.25, 0.3) is 0 Å². The minimum Gasteiger partial charge on any atom is -0.226 e. The van der Waals surface area contributed by atoms with Gasteiger partial charge in [-0.25, -0.2) is 4.98 Å². The highest BCUT2D eigenvalue weighted by atomic mass is 35.5. The molecule has 0 unspecified atom stereocenters. The van der Waals surface area contributed by atoms with Crippen LogP contribution in [0.25, 0.3) is 11.1 Å². The molecule has 2 aromatic rings. The number of halogens is 5. The molecular formula is C11H4Cl4FN. The second-order valence-electron chi connectivity index (χ2n) is 3.25. The summed E-state index contributed by atoms with van der Waals surface area (Å²) in [7, 11) is 0. The first-order valence-corrected chi connectivity index (χ1v) is 5.96. The van der Waals surface area contributed by atoms with Crippen LogP contribution in [0.4, 0.5) is 4.39 Å². The molecule has 0 saturated heterocycles. The van der Waals surface area contributed by atoms with Gasteiger partial charge in [0.2, 0.25) is 5.95 Å². The molecule has 0 atom stereocenters. The van der Waals surface area contributed by atoms with Gasteiger partial charge in [-0.05, 0) is 23.8 Å². The predicted octanol–water partition coefficient (Wildman–Crippen LogP) is 5.50. The van der Waals surface area contributed by atoms with E-state index in [2.05, 4.69) is 4.98 Å². The number of pyridine rings is 1. The van der Waals surface area contributed by atoms with E-state index in [0.717, 1.165) is 0 Å². The van der Waals surface area contributed by atoms with Crippen molar-refractivity contribution in [2.24, 2.45) is 0 Å². The maximum Gasteiger partial charge on any atom is 0.220 e. The summed E-state index contributed by atoms with van der Waals surface area (Å²) >= 11 is 23.3. The van der Waals surface area contributed by atoms with Crippen LogP contribution in [0.3, 0.4) is 0 Å². The maximum atomic E-state index is 13.5. The zero-order chi connectivity index (χ0) is 12.6. The molecule has 0 aliphatic rings. The number of rotatable bonds is 1. The van der Waals surface area contributed by atoms with Gasteiger partial charge in [-0.2, -0.15) is 4.39 Å². The third-order valence-corrected chi connectivity index (χ3v) is 3.50. The first-order valence-electron chi connectivity index (χ1n) is 4.45. The van der Waals surface area contributed by atoms with Gasteiger partial charge in [0.05, 0.1) is 20.1 Å². The fraction of sp³-hybridized carbons (Fsp3) is 0. The Morgan fingerprint density at radius 2 is 1.53 bits per heavy atom. The topological polar surface area (TPSA) is 12.9 Å². The Bertz CT molecular complexity index is 563. The Morgan fingerprint density at radius 1 is 0.941 bits per heavy atom. The molecule has 0 fully saturated rings. The summed E-state index contributed by atoms with van der Waals surface area (Å²) in [6.45, 7) is 0. The van der Waals surface area contributed by atoms with Gasteiger partial charge in [0.1, 0.15) is 0 Å². The average molecular weight is 311 g/mol. The van der Waals surface area contributed by atoms with E-state index in [1.807, 2.05) is 0 Å². The van der Waals surface area contributed by atoms with Crippen molar-refractivity contribution >= 4 is 46.4 Å². The SMILES string of the molecule is Fc1ncc(Cl)cc1-c1cc(Cl)c(Cl)c(Cl)c1. The highest BCUT2D eigenvalue weighted by molar-refractivity contribution is 6.48. The molecule has 1 aromatic carbocycles. The normalized spacial score (nSPS) is 10.6. The predicted molar refractivity (Wildman–Crippen MR) is 69.7 cm³/mol. The standard InChI is InChI=1S/C11H4Cl4FN/c12-6-3-7(11(16)17-4-6)5-1-8(13)10(15)9(14)2-5/h1-4H. The van der Waals surface area contributed by atoms with Crippen molar-refractivity contribution in [2.75, 3.05) is 0 Å². The Balaban J connectivity index is 2.64. The minimum absolute atomic E-state index is 0.220. The van der Waals surface area contributed by atoms with E-state index in [1.54, 1.807) is 0 Å². The maximum absolute atomic E-state index is 13.5. The number of hydrogen-bond donors (Lipinski definition) is 0. The third kappa shape index (κ3) is 2.66. The van der Waals surface area contributed by atoms with Gasteiger partial charge in [-0.1, -0.05) is 46.4 Å². The van der Waals surface area contributed by atoms with Crippen LogP contribution >= 0.6 is 46.4 Å². The third-order valence-electron chi connectivity index (χ3n) is 2.10. The van der Waals surface area contributed by atoms with Gasteiger partial charge in [-0.15, -0.1) is 0 Å². The van der Waals surface area contributed by atoms with E-state index in [1.165, 1.54) is 24.4 Å². The summed E-state index contributed by atoms with van der Waals surface area (Å²) in [5.41, 5.74) is 0.690. The van der Waals surface area contributed by atoms with E-state index in [0.29, 0.717) is 10.6 Å². The first kappa shape index (κ1) is 12.9. The first-order chi connectivity index (χ1) is 7.99. The van der Waals surface area contributed by atoms with Crippen LogP contribution in [-0.2, 0) is 0 Å². The van der Waals surface area contributed by atoms with Gasteiger partial charge in [-0.3, -0.25) is 0 Å². The van der Waals surface area contributed by atoms with Gasteiger partial charge in [0, 0.05) is 11.8 Å². The molecule has 6 heteroatoms. The molecule has 0 amide bonds. The number of hydrogen-bond acceptors (Lipinski definition) is 1. The van der Waals surface area contributed by atoms with E-state index in [4.69, 9.17) is 46.4 Å². The molecule has 17 heavy (non-hydrogen) atoms. The molecule has 1 aromatic heterocycles. The van der Waals surface area contributed by atoms with Crippen molar-refractivity contribution in [3.05, 3.63) is 50.4 Å². The van der Waals surface area contributed by atoms with Gasteiger partial charge < -0.3 is 0 Å². The molecular weight excluding hydrogens is 307 g/mol.